The number of hydrogen-bond donors (Lipinski definition) is 2. The standard InChI is InChI=1S/C12H15NO4/c1-13(2)9-3-4-11(12(16)17)8(5-9)6-10(15)7-14/h3-5,14H,6-7H2,1-2H3,(H,16,17). The van der Waals surface area contributed by atoms with Gasteiger partial charge in [-0.05, 0) is 23.8 Å². The predicted molar refractivity (Wildman–Crippen MR) is 63.5 cm³/mol. The highest BCUT2D eigenvalue weighted by Crippen LogP contribution is 2.19. The van der Waals surface area contributed by atoms with E-state index >= 15 is 0 Å². The average molecular weight is 237 g/mol. The van der Waals surface area contributed by atoms with Crippen LogP contribution in [0.5, 0.6) is 0 Å². The molecule has 2 N–H and O–H groups in total. The summed E-state index contributed by atoms with van der Waals surface area (Å²) < 4.78 is 0. The van der Waals surface area contributed by atoms with Crippen LogP contribution in [0.2, 0.25) is 0 Å². The Labute approximate surface area is 99.3 Å². The second-order valence-electron chi connectivity index (χ2n) is 3.91. The Morgan fingerprint density at radius 2 is 1.94 bits per heavy atom. The SMILES string of the molecule is CN(C)c1ccc(C(=O)O)c(CC(=O)CO)c1. The van der Waals surface area contributed by atoms with Crippen LogP contribution in [0, 0.1) is 0 Å². The van der Waals surface area contributed by atoms with E-state index < -0.39 is 18.4 Å². The molecule has 5 heteroatoms. The third kappa shape index (κ3) is 3.29. The van der Waals surface area contributed by atoms with Crippen molar-refractivity contribution in [1.82, 2.24) is 0 Å². The van der Waals surface area contributed by atoms with Gasteiger partial charge in [0.05, 0.1) is 5.56 Å². The highest BCUT2D eigenvalue weighted by molar-refractivity contribution is 5.93. The molecule has 0 unspecified atom stereocenters. The number of rotatable bonds is 5. The van der Waals surface area contributed by atoms with Gasteiger partial charge in [0.1, 0.15) is 6.61 Å². The molecule has 0 aliphatic heterocycles. The molecule has 1 aromatic carbocycles. The summed E-state index contributed by atoms with van der Waals surface area (Å²) >= 11 is 0. The fourth-order valence-corrected chi connectivity index (χ4v) is 1.48. The molecule has 0 atom stereocenters. The second kappa shape index (κ2) is 5.45. The first-order valence-corrected chi connectivity index (χ1v) is 5.11. The molecule has 0 aromatic heterocycles. The Balaban J connectivity index is 3.15. The lowest BCUT2D eigenvalue weighted by Crippen LogP contribution is -2.14. The zero-order valence-electron chi connectivity index (χ0n) is 9.80. The number of benzene rings is 1. The quantitative estimate of drug-likeness (QED) is 0.782. The van der Waals surface area contributed by atoms with Gasteiger partial charge in [0.25, 0.3) is 0 Å². The molecular weight excluding hydrogens is 222 g/mol. The van der Waals surface area contributed by atoms with Crippen molar-refractivity contribution in [3.05, 3.63) is 29.3 Å². The van der Waals surface area contributed by atoms with Gasteiger partial charge in [0.15, 0.2) is 5.78 Å². The first-order chi connectivity index (χ1) is 7.95. The largest absolute Gasteiger partial charge is 0.478 e. The maximum absolute atomic E-state index is 11.2. The molecule has 1 aromatic rings. The van der Waals surface area contributed by atoms with Crippen LogP contribution in [0.4, 0.5) is 5.69 Å². The van der Waals surface area contributed by atoms with Crippen LogP contribution in [0.25, 0.3) is 0 Å². The van der Waals surface area contributed by atoms with Crippen molar-refractivity contribution in [3.8, 4) is 0 Å². The third-order valence-corrected chi connectivity index (χ3v) is 2.40. The molecule has 0 fully saturated rings. The molecule has 0 spiro atoms. The van der Waals surface area contributed by atoms with Gasteiger partial charge in [-0.25, -0.2) is 4.79 Å². The number of anilines is 1. The number of carboxylic acid groups (broad SMARTS) is 1. The molecular formula is C12H15NO4. The maximum Gasteiger partial charge on any atom is 0.335 e. The Hall–Kier alpha value is -1.88. The maximum atomic E-state index is 11.2. The Kier molecular flexibility index (Phi) is 4.23. The van der Waals surface area contributed by atoms with Crippen LogP contribution in [0.15, 0.2) is 18.2 Å². The number of aromatic carboxylic acids is 1. The summed E-state index contributed by atoms with van der Waals surface area (Å²) in [6.45, 7) is -0.578. The van der Waals surface area contributed by atoms with Gasteiger partial charge in [-0.1, -0.05) is 0 Å². The first kappa shape index (κ1) is 13.2. The van der Waals surface area contributed by atoms with Crippen LogP contribution in [0.3, 0.4) is 0 Å². The summed E-state index contributed by atoms with van der Waals surface area (Å²) in [5.74, 6) is -1.47. The highest BCUT2D eigenvalue weighted by Gasteiger charge is 2.14. The topological polar surface area (TPSA) is 77.8 Å². The van der Waals surface area contributed by atoms with Crippen LogP contribution in [-0.4, -0.2) is 42.7 Å². The minimum Gasteiger partial charge on any atom is -0.478 e. The number of ketones is 1. The lowest BCUT2D eigenvalue weighted by molar-refractivity contribution is -0.121. The molecule has 0 saturated heterocycles. The van der Waals surface area contributed by atoms with E-state index in [1.54, 1.807) is 12.1 Å². The predicted octanol–water partition coefficient (Wildman–Crippen LogP) is 0.555. The van der Waals surface area contributed by atoms with E-state index in [1.165, 1.54) is 6.07 Å². The molecule has 0 saturated carbocycles. The lowest BCUT2D eigenvalue weighted by atomic mass is 10.0. The Morgan fingerprint density at radius 1 is 1.29 bits per heavy atom. The van der Waals surface area contributed by atoms with Gasteiger partial charge in [0.2, 0.25) is 0 Å². The number of carbonyl (C=O) groups is 2. The van der Waals surface area contributed by atoms with E-state index in [1.807, 2.05) is 19.0 Å². The van der Waals surface area contributed by atoms with Crippen molar-refractivity contribution in [1.29, 1.82) is 0 Å². The number of aliphatic hydroxyl groups is 1. The van der Waals surface area contributed by atoms with E-state index in [0.29, 0.717) is 5.56 Å². The van der Waals surface area contributed by atoms with Crippen LogP contribution in [-0.2, 0) is 11.2 Å². The number of hydrogen-bond acceptors (Lipinski definition) is 4. The van der Waals surface area contributed by atoms with Crippen LogP contribution < -0.4 is 4.90 Å². The molecule has 0 heterocycles. The van der Waals surface area contributed by atoms with Crippen LogP contribution >= 0.6 is 0 Å². The molecule has 1 rings (SSSR count). The number of aliphatic hydroxyl groups excluding tert-OH is 1. The monoisotopic (exact) mass is 237 g/mol. The number of nitrogens with zero attached hydrogens (tertiary/aromatic N) is 1. The van der Waals surface area contributed by atoms with Gasteiger partial charge in [-0.15, -0.1) is 0 Å². The Morgan fingerprint density at radius 3 is 2.41 bits per heavy atom. The molecule has 0 aliphatic carbocycles. The number of carboxylic acids is 1. The zero-order valence-corrected chi connectivity index (χ0v) is 9.80. The van der Waals surface area contributed by atoms with Crippen molar-refractivity contribution in [3.63, 3.8) is 0 Å². The van der Waals surface area contributed by atoms with E-state index in [2.05, 4.69) is 0 Å². The van der Waals surface area contributed by atoms with Crippen molar-refractivity contribution >= 4 is 17.4 Å². The third-order valence-electron chi connectivity index (χ3n) is 2.40. The summed E-state index contributed by atoms with van der Waals surface area (Å²) in [5, 5.41) is 17.7. The molecule has 0 amide bonds. The number of Topliss-reactive ketones (excluding diaryl/α,β-unsaturated/α-hetero) is 1. The number of carbonyl (C=O) groups excluding carboxylic acids is 1. The summed E-state index contributed by atoms with van der Waals surface area (Å²) in [6, 6.07) is 4.80. The summed E-state index contributed by atoms with van der Waals surface area (Å²) in [6.07, 6.45) is -0.0696. The molecule has 0 aliphatic rings. The van der Waals surface area contributed by atoms with Gasteiger partial charge in [-0.3, -0.25) is 4.79 Å². The minimum atomic E-state index is -1.07. The van der Waals surface area contributed by atoms with Gasteiger partial charge in [0, 0.05) is 26.2 Å². The summed E-state index contributed by atoms with van der Waals surface area (Å²) in [7, 11) is 3.65. The smallest absolute Gasteiger partial charge is 0.335 e. The average Bonchev–Trinajstić information content (AvgIpc) is 2.28. The van der Waals surface area contributed by atoms with Gasteiger partial charge < -0.3 is 15.1 Å². The van der Waals surface area contributed by atoms with Crippen molar-refractivity contribution in [2.45, 2.75) is 6.42 Å². The fourth-order valence-electron chi connectivity index (χ4n) is 1.48. The van der Waals surface area contributed by atoms with E-state index in [-0.39, 0.29) is 12.0 Å². The molecule has 5 nitrogen and oxygen atoms in total. The van der Waals surface area contributed by atoms with Crippen molar-refractivity contribution in [2.75, 3.05) is 25.6 Å². The molecule has 17 heavy (non-hydrogen) atoms. The second-order valence-corrected chi connectivity index (χ2v) is 3.91. The van der Waals surface area contributed by atoms with Gasteiger partial charge >= 0.3 is 5.97 Å². The molecule has 0 radical (unpaired) electrons. The van der Waals surface area contributed by atoms with Crippen molar-refractivity contribution < 1.29 is 19.8 Å². The molecule has 0 bridgehead atoms. The minimum absolute atomic E-state index is 0.0696. The fraction of sp³-hybridized carbons (Fsp3) is 0.333. The normalized spacial score (nSPS) is 10.1. The summed E-state index contributed by atoms with van der Waals surface area (Å²) in [5.41, 5.74) is 1.33. The van der Waals surface area contributed by atoms with Crippen LogP contribution in [0.1, 0.15) is 15.9 Å². The van der Waals surface area contributed by atoms with E-state index in [9.17, 15) is 9.59 Å². The zero-order chi connectivity index (χ0) is 13.0. The summed E-state index contributed by atoms with van der Waals surface area (Å²) in [4.78, 5) is 24.0. The first-order valence-electron chi connectivity index (χ1n) is 5.11. The van der Waals surface area contributed by atoms with Gasteiger partial charge in [-0.2, -0.15) is 0 Å². The highest BCUT2D eigenvalue weighted by atomic mass is 16.4. The lowest BCUT2D eigenvalue weighted by Gasteiger charge is -2.15. The van der Waals surface area contributed by atoms with E-state index in [4.69, 9.17) is 10.2 Å². The van der Waals surface area contributed by atoms with Crippen molar-refractivity contribution in [2.24, 2.45) is 0 Å². The molecule has 92 valence electrons. The Bertz CT molecular complexity index is 440. The van der Waals surface area contributed by atoms with E-state index in [0.717, 1.165) is 5.69 Å².